The zero-order valence-corrected chi connectivity index (χ0v) is 11.8. The first kappa shape index (κ1) is 15.2. The van der Waals surface area contributed by atoms with E-state index in [1.807, 2.05) is 6.92 Å². The summed E-state index contributed by atoms with van der Waals surface area (Å²) >= 11 is 0. The van der Waals surface area contributed by atoms with E-state index in [0.29, 0.717) is 11.5 Å². The number of rotatable bonds is 6. The van der Waals surface area contributed by atoms with E-state index in [0.717, 1.165) is 18.4 Å². The molecule has 1 aromatic rings. The Bertz CT molecular complexity index is 561. The number of carboxylic acids is 1. The maximum absolute atomic E-state index is 12.9. The fourth-order valence-electron chi connectivity index (χ4n) is 2.20. The third kappa shape index (κ3) is 4.70. The van der Waals surface area contributed by atoms with E-state index in [9.17, 15) is 14.0 Å². The highest BCUT2D eigenvalue weighted by atomic mass is 19.1. The van der Waals surface area contributed by atoms with E-state index in [2.05, 4.69) is 5.32 Å². The molecule has 1 aromatic carbocycles. The van der Waals surface area contributed by atoms with Gasteiger partial charge in [0.25, 0.3) is 0 Å². The third-order valence-corrected chi connectivity index (χ3v) is 3.55. The summed E-state index contributed by atoms with van der Waals surface area (Å²) in [4.78, 5) is 22.9. The van der Waals surface area contributed by atoms with Crippen molar-refractivity contribution < 1.29 is 19.1 Å². The molecule has 1 fully saturated rings. The average Bonchev–Trinajstić information content (AvgIpc) is 3.22. The monoisotopic (exact) mass is 291 g/mol. The van der Waals surface area contributed by atoms with Crippen LogP contribution in [0.15, 0.2) is 35.9 Å². The molecule has 112 valence electrons. The van der Waals surface area contributed by atoms with Crippen molar-refractivity contribution in [2.45, 2.75) is 32.2 Å². The maximum Gasteiger partial charge on any atom is 0.305 e. The van der Waals surface area contributed by atoms with E-state index < -0.39 is 17.8 Å². The number of carbonyl (C=O) groups excluding carboxylic acids is 1. The lowest BCUT2D eigenvalue weighted by Crippen LogP contribution is -2.29. The Morgan fingerprint density at radius 1 is 1.38 bits per heavy atom. The minimum atomic E-state index is -1.02. The van der Waals surface area contributed by atoms with Crippen molar-refractivity contribution in [3.63, 3.8) is 0 Å². The molecule has 0 spiro atoms. The Hall–Kier alpha value is -2.17. The summed E-state index contributed by atoms with van der Waals surface area (Å²) < 4.78 is 12.9. The van der Waals surface area contributed by atoms with Gasteiger partial charge in [0.05, 0.1) is 12.5 Å². The van der Waals surface area contributed by atoms with Gasteiger partial charge in [-0.15, -0.1) is 0 Å². The highest BCUT2D eigenvalue weighted by molar-refractivity contribution is 5.89. The van der Waals surface area contributed by atoms with Crippen molar-refractivity contribution in [2.75, 3.05) is 0 Å². The molecule has 1 atom stereocenters. The predicted octanol–water partition coefficient (Wildman–Crippen LogP) is 2.81. The van der Waals surface area contributed by atoms with E-state index in [4.69, 9.17) is 5.11 Å². The predicted molar refractivity (Wildman–Crippen MR) is 76.0 cm³/mol. The number of benzene rings is 1. The van der Waals surface area contributed by atoms with Gasteiger partial charge < -0.3 is 10.4 Å². The maximum atomic E-state index is 12.9. The lowest BCUT2D eigenvalue weighted by molar-refractivity contribution is -0.137. The second-order valence-electron chi connectivity index (χ2n) is 5.37. The smallest absolute Gasteiger partial charge is 0.305 e. The molecule has 1 unspecified atom stereocenters. The van der Waals surface area contributed by atoms with Crippen LogP contribution in [-0.2, 0) is 9.59 Å². The summed E-state index contributed by atoms with van der Waals surface area (Å²) in [6, 6.07) is 4.81. The van der Waals surface area contributed by atoms with E-state index in [1.165, 1.54) is 30.3 Å². The molecule has 0 aliphatic heterocycles. The SMILES string of the molecule is CC(=CC(=O)NC(CC(=O)O)c1ccc(F)cc1)C1CC1. The molecule has 0 aromatic heterocycles. The van der Waals surface area contributed by atoms with Crippen molar-refractivity contribution in [3.05, 3.63) is 47.3 Å². The molecule has 1 saturated carbocycles. The van der Waals surface area contributed by atoms with Crippen LogP contribution in [0.5, 0.6) is 0 Å². The summed E-state index contributed by atoms with van der Waals surface area (Å²) in [5.74, 6) is -1.24. The molecule has 0 heterocycles. The molecule has 0 bridgehead atoms. The van der Waals surface area contributed by atoms with Crippen LogP contribution in [-0.4, -0.2) is 17.0 Å². The first-order valence-electron chi connectivity index (χ1n) is 6.91. The van der Waals surface area contributed by atoms with Gasteiger partial charge in [-0.3, -0.25) is 9.59 Å². The fraction of sp³-hybridized carbons (Fsp3) is 0.375. The van der Waals surface area contributed by atoms with Crippen LogP contribution >= 0.6 is 0 Å². The molecule has 0 radical (unpaired) electrons. The Labute approximate surface area is 122 Å². The number of carboxylic acid groups (broad SMARTS) is 1. The topological polar surface area (TPSA) is 66.4 Å². The van der Waals surface area contributed by atoms with Gasteiger partial charge in [-0.25, -0.2) is 4.39 Å². The Balaban J connectivity index is 2.08. The number of hydrogen-bond donors (Lipinski definition) is 2. The molecular formula is C16H18FNO3. The van der Waals surface area contributed by atoms with Crippen LogP contribution in [0.1, 0.15) is 37.8 Å². The van der Waals surface area contributed by atoms with Gasteiger partial charge >= 0.3 is 5.97 Å². The number of hydrogen-bond acceptors (Lipinski definition) is 2. The summed E-state index contributed by atoms with van der Waals surface area (Å²) in [6.45, 7) is 1.90. The number of amides is 1. The molecule has 1 aliphatic rings. The molecule has 5 heteroatoms. The first-order chi connectivity index (χ1) is 9.95. The van der Waals surface area contributed by atoms with Gasteiger partial charge in [-0.2, -0.15) is 0 Å². The average molecular weight is 291 g/mol. The van der Waals surface area contributed by atoms with Crippen LogP contribution in [0.2, 0.25) is 0 Å². The Morgan fingerprint density at radius 3 is 2.52 bits per heavy atom. The van der Waals surface area contributed by atoms with E-state index >= 15 is 0 Å². The largest absolute Gasteiger partial charge is 0.481 e. The Kier molecular flexibility index (Phi) is 4.73. The van der Waals surface area contributed by atoms with Crippen molar-refractivity contribution in [1.29, 1.82) is 0 Å². The van der Waals surface area contributed by atoms with Gasteiger partial charge in [0, 0.05) is 6.08 Å². The number of allylic oxidation sites excluding steroid dienone is 1. The number of halogens is 1. The minimum Gasteiger partial charge on any atom is -0.481 e. The fourth-order valence-corrected chi connectivity index (χ4v) is 2.20. The van der Waals surface area contributed by atoms with Gasteiger partial charge in [0.15, 0.2) is 0 Å². The lowest BCUT2D eigenvalue weighted by atomic mass is 10.0. The zero-order chi connectivity index (χ0) is 15.4. The van der Waals surface area contributed by atoms with Crippen molar-refractivity contribution in [2.24, 2.45) is 5.92 Å². The second kappa shape index (κ2) is 6.52. The quantitative estimate of drug-likeness (QED) is 0.792. The number of aliphatic carboxylic acids is 1. The molecule has 21 heavy (non-hydrogen) atoms. The van der Waals surface area contributed by atoms with Crippen LogP contribution < -0.4 is 5.32 Å². The second-order valence-corrected chi connectivity index (χ2v) is 5.37. The van der Waals surface area contributed by atoms with Crippen LogP contribution in [0.4, 0.5) is 4.39 Å². The van der Waals surface area contributed by atoms with Crippen LogP contribution in [0.25, 0.3) is 0 Å². The molecular weight excluding hydrogens is 273 g/mol. The van der Waals surface area contributed by atoms with Gasteiger partial charge in [0.1, 0.15) is 5.82 Å². The minimum absolute atomic E-state index is 0.242. The van der Waals surface area contributed by atoms with Crippen LogP contribution in [0, 0.1) is 11.7 Å². The summed E-state index contributed by atoms with van der Waals surface area (Å²) in [6.07, 6.45) is 3.49. The number of carbonyl (C=O) groups is 2. The normalized spacial score (nSPS) is 16.4. The first-order valence-corrected chi connectivity index (χ1v) is 6.91. The van der Waals surface area contributed by atoms with Gasteiger partial charge in [0.2, 0.25) is 5.91 Å². The highest BCUT2D eigenvalue weighted by Crippen LogP contribution is 2.35. The standard InChI is InChI=1S/C16H18FNO3/c1-10(11-2-3-11)8-15(19)18-14(9-16(20)21)12-4-6-13(17)7-5-12/h4-8,11,14H,2-3,9H2,1H3,(H,18,19)(H,20,21). The number of nitrogens with one attached hydrogen (secondary N) is 1. The molecule has 0 saturated heterocycles. The molecule has 4 nitrogen and oxygen atoms in total. The zero-order valence-electron chi connectivity index (χ0n) is 11.8. The molecule has 1 amide bonds. The van der Waals surface area contributed by atoms with E-state index in [-0.39, 0.29) is 12.3 Å². The van der Waals surface area contributed by atoms with E-state index in [1.54, 1.807) is 0 Å². The van der Waals surface area contributed by atoms with Crippen molar-refractivity contribution in [1.82, 2.24) is 5.32 Å². The Morgan fingerprint density at radius 2 is 2.00 bits per heavy atom. The summed E-state index contributed by atoms with van der Waals surface area (Å²) in [5, 5.41) is 11.6. The molecule has 1 aliphatic carbocycles. The third-order valence-electron chi connectivity index (χ3n) is 3.55. The molecule has 2 N–H and O–H groups in total. The lowest BCUT2D eigenvalue weighted by Gasteiger charge is -2.16. The highest BCUT2D eigenvalue weighted by Gasteiger charge is 2.24. The van der Waals surface area contributed by atoms with Crippen LogP contribution in [0.3, 0.4) is 0 Å². The summed E-state index contributed by atoms with van der Waals surface area (Å²) in [7, 11) is 0. The van der Waals surface area contributed by atoms with Crippen molar-refractivity contribution in [3.8, 4) is 0 Å². The molecule has 2 rings (SSSR count). The van der Waals surface area contributed by atoms with Gasteiger partial charge in [-0.05, 0) is 43.4 Å². The van der Waals surface area contributed by atoms with Crippen molar-refractivity contribution >= 4 is 11.9 Å². The van der Waals surface area contributed by atoms with Gasteiger partial charge in [-0.1, -0.05) is 17.7 Å². The summed E-state index contributed by atoms with van der Waals surface area (Å²) in [5.41, 5.74) is 1.59.